The van der Waals surface area contributed by atoms with Gasteiger partial charge in [-0.1, -0.05) is 43.6 Å². The monoisotopic (exact) mass is 344 g/mol. The molecule has 1 atom stereocenters. The second kappa shape index (κ2) is 8.11. The van der Waals surface area contributed by atoms with Gasteiger partial charge < -0.3 is 5.73 Å². The highest BCUT2D eigenvalue weighted by molar-refractivity contribution is 9.10. The van der Waals surface area contributed by atoms with E-state index in [0.29, 0.717) is 18.4 Å². The number of hydrogen-bond acceptors (Lipinski definition) is 2. The van der Waals surface area contributed by atoms with Gasteiger partial charge in [-0.2, -0.15) is 0 Å². The molecule has 0 aliphatic carbocycles. The van der Waals surface area contributed by atoms with Crippen molar-refractivity contribution in [1.82, 2.24) is 4.90 Å². The van der Waals surface area contributed by atoms with Crippen molar-refractivity contribution in [1.29, 1.82) is 0 Å². The minimum absolute atomic E-state index is 0.0462. The van der Waals surface area contributed by atoms with Crippen molar-refractivity contribution in [3.05, 3.63) is 34.1 Å². The molecule has 0 spiro atoms. The lowest BCUT2D eigenvalue weighted by atomic mass is 10.0. The summed E-state index contributed by atoms with van der Waals surface area (Å²) >= 11 is 3.52. The third-order valence-electron chi connectivity index (χ3n) is 3.18. The second-order valence-corrected chi connectivity index (χ2v) is 7.01. The van der Waals surface area contributed by atoms with E-state index in [-0.39, 0.29) is 11.9 Å². The lowest BCUT2D eigenvalue weighted by molar-refractivity contribution is 0.159. The van der Waals surface area contributed by atoms with Crippen molar-refractivity contribution in [2.24, 2.45) is 17.6 Å². The average Bonchev–Trinajstić information content (AvgIpc) is 2.32. The van der Waals surface area contributed by atoms with E-state index in [2.05, 4.69) is 48.5 Å². The number of nitrogens with two attached hydrogens (primary N) is 1. The summed E-state index contributed by atoms with van der Waals surface area (Å²) in [6, 6.07) is 4.87. The fourth-order valence-corrected chi connectivity index (χ4v) is 3.02. The van der Waals surface area contributed by atoms with Gasteiger partial charge in [0.1, 0.15) is 5.82 Å². The highest BCUT2D eigenvalue weighted by atomic mass is 79.9. The Kier molecular flexibility index (Phi) is 7.13. The first-order chi connectivity index (χ1) is 9.35. The summed E-state index contributed by atoms with van der Waals surface area (Å²) in [5, 5.41) is 0. The molecule has 4 heteroatoms. The molecule has 0 saturated carbocycles. The van der Waals surface area contributed by atoms with E-state index in [1.54, 1.807) is 12.1 Å². The van der Waals surface area contributed by atoms with E-state index in [9.17, 15) is 4.39 Å². The zero-order chi connectivity index (χ0) is 15.3. The van der Waals surface area contributed by atoms with Gasteiger partial charge in [-0.3, -0.25) is 4.90 Å². The number of nitrogens with zero attached hydrogens (tertiary/aromatic N) is 1. The van der Waals surface area contributed by atoms with Gasteiger partial charge in [-0.05, 0) is 35.6 Å². The Morgan fingerprint density at radius 3 is 2.15 bits per heavy atom. The summed E-state index contributed by atoms with van der Waals surface area (Å²) in [6.07, 6.45) is 0. The topological polar surface area (TPSA) is 29.3 Å². The minimum atomic E-state index is -0.212. The third kappa shape index (κ3) is 5.15. The van der Waals surface area contributed by atoms with E-state index >= 15 is 0 Å². The Bertz CT molecular complexity index is 411. The normalized spacial score (nSPS) is 13.5. The Morgan fingerprint density at radius 1 is 1.15 bits per heavy atom. The number of hydrogen-bond donors (Lipinski definition) is 1. The van der Waals surface area contributed by atoms with Crippen LogP contribution in [0.4, 0.5) is 4.39 Å². The summed E-state index contributed by atoms with van der Waals surface area (Å²) in [5.41, 5.74) is 6.93. The lowest BCUT2D eigenvalue weighted by Gasteiger charge is -2.34. The van der Waals surface area contributed by atoms with Crippen molar-refractivity contribution in [3.63, 3.8) is 0 Å². The van der Waals surface area contributed by atoms with Crippen molar-refractivity contribution in [2.75, 3.05) is 19.6 Å². The second-order valence-electron chi connectivity index (χ2n) is 6.16. The van der Waals surface area contributed by atoms with E-state index in [1.165, 1.54) is 6.07 Å². The molecule has 1 aromatic rings. The summed E-state index contributed by atoms with van der Waals surface area (Å²) < 4.78 is 14.5. The van der Waals surface area contributed by atoms with E-state index in [0.717, 1.165) is 23.1 Å². The Balaban J connectivity index is 3.07. The van der Waals surface area contributed by atoms with Crippen LogP contribution in [0, 0.1) is 17.7 Å². The quantitative estimate of drug-likeness (QED) is 0.802. The highest BCUT2D eigenvalue weighted by Gasteiger charge is 2.23. The largest absolute Gasteiger partial charge is 0.329 e. The summed E-state index contributed by atoms with van der Waals surface area (Å²) in [4.78, 5) is 2.37. The Hall–Kier alpha value is -0.450. The molecule has 1 unspecified atom stereocenters. The van der Waals surface area contributed by atoms with Gasteiger partial charge in [0.15, 0.2) is 0 Å². The Morgan fingerprint density at radius 2 is 1.70 bits per heavy atom. The molecule has 0 radical (unpaired) electrons. The van der Waals surface area contributed by atoms with Gasteiger partial charge in [0.2, 0.25) is 0 Å². The molecule has 0 saturated heterocycles. The maximum atomic E-state index is 13.6. The molecule has 2 nitrogen and oxygen atoms in total. The maximum absolute atomic E-state index is 13.6. The van der Waals surface area contributed by atoms with Crippen molar-refractivity contribution < 1.29 is 4.39 Å². The van der Waals surface area contributed by atoms with Crippen molar-refractivity contribution >= 4 is 15.9 Å². The Labute approximate surface area is 130 Å². The molecular formula is C16H26BrFN2. The maximum Gasteiger partial charge on any atom is 0.123 e. The van der Waals surface area contributed by atoms with E-state index in [1.807, 2.05) is 0 Å². The van der Waals surface area contributed by atoms with Crippen LogP contribution in [0.5, 0.6) is 0 Å². The fourth-order valence-electron chi connectivity index (χ4n) is 2.51. The molecule has 0 heterocycles. The van der Waals surface area contributed by atoms with Crippen LogP contribution in [0.2, 0.25) is 0 Å². The molecule has 114 valence electrons. The molecule has 0 aromatic heterocycles. The van der Waals surface area contributed by atoms with Gasteiger partial charge in [0, 0.05) is 30.1 Å². The number of halogens is 2. The van der Waals surface area contributed by atoms with E-state index < -0.39 is 0 Å². The van der Waals surface area contributed by atoms with Gasteiger partial charge in [-0.25, -0.2) is 4.39 Å². The van der Waals surface area contributed by atoms with Crippen molar-refractivity contribution in [2.45, 2.75) is 33.7 Å². The molecule has 1 aromatic carbocycles. The van der Waals surface area contributed by atoms with E-state index in [4.69, 9.17) is 5.73 Å². The molecule has 0 fully saturated rings. The van der Waals surface area contributed by atoms with Crippen LogP contribution in [-0.2, 0) is 0 Å². The molecule has 0 aliphatic rings. The van der Waals surface area contributed by atoms with Crippen LogP contribution in [0.15, 0.2) is 22.7 Å². The first-order valence-electron chi connectivity index (χ1n) is 7.24. The lowest BCUT2D eigenvalue weighted by Crippen LogP contribution is -2.38. The molecule has 0 amide bonds. The molecule has 0 bridgehead atoms. The average molecular weight is 345 g/mol. The van der Waals surface area contributed by atoms with Crippen LogP contribution < -0.4 is 5.73 Å². The zero-order valence-electron chi connectivity index (χ0n) is 12.9. The van der Waals surface area contributed by atoms with Crippen molar-refractivity contribution in [3.8, 4) is 0 Å². The first-order valence-corrected chi connectivity index (χ1v) is 8.03. The van der Waals surface area contributed by atoms with Crippen LogP contribution in [0.25, 0.3) is 0 Å². The predicted octanol–water partition coefficient (Wildman–Crippen LogP) is 4.20. The van der Waals surface area contributed by atoms with Gasteiger partial charge in [-0.15, -0.1) is 0 Å². The summed E-state index contributed by atoms with van der Waals surface area (Å²) in [5.74, 6) is 0.890. The third-order valence-corrected chi connectivity index (χ3v) is 3.90. The zero-order valence-corrected chi connectivity index (χ0v) is 14.5. The van der Waals surface area contributed by atoms with Crippen LogP contribution >= 0.6 is 15.9 Å². The van der Waals surface area contributed by atoms with Gasteiger partial charge in [0.25, 0.3) is 0 Å². The molecule has 2 N–H and O–H groups in total. The predicted molar refractivity (Wildman–Crippen MR) is 87.1 cm³/mol. The van der Waals surface area contributed by atoms with Gasteiger partial charge in [0.05, 0.1) is 0 Å². The van der Waals surface area contributed by atoms with Gasteiger partial charge >= 0.3 is 0 Å². The summed E-state index contributed by atoms with van der Waals surface area (Å²) in [6.45, 7) is 11.2. The highest BCUT2D eigenvalue weighted by Crippen LogP contribution is 2.29. The molecular weight excluding hydrogens is 319 g/mol. The first kappa shape index (κ1) is 17.6. The molecule has 1 rings (SSSR count). The van der Waals surface area contributed by atoms with Crippen LogP contribution in [0.1, 0.15) is 39.3 Å². The van der Waals surface area contributed by atoms with Crippen LogP contribution in [-0.4, -0.2) is 24.5 Å². The standard InChI is InChI=1S/C16H26BrFN2/c1-11(2)9-20(10-12(3)4)16(8-19)14-7-13(18)5-6-15(14)17/h5-7,11-12,16H,8-10,19H2,1-4H3. The summed E-state index contributed by atoms with van der Waals surface area (Å²) in [7, 11) is 0. The minimum Gasteiger partial charge on any atom is -0.329 e. The fraction of sp³-hybridized carbons (Fsp3) is 0.625. The molecule has 0 aliphatic heterocycles. The van der Waals surface area contributed by atoms with Crippen LogP contribution in [0.3, 0.4) is 0 Å². The molecule has 20 heavy (non-hydrogen) atoms. The number of benzene rings is 1. The smallest absolute Gasteiger partial charge is 0.123 e. The number of rotatable bonds is 7. The SMILES string of the molecule is CC(C)CN(CC(C)C)C(CN)c1cc(F)ccc1Br.